The Morgan fingerprint density at radius 1 is 1.06 bits per heavy atom. The second-order valence-electron chi connectivity index (χ2n) is 8.36. The molecular formula is C29H21NO6. The number of benzene rings is 3. The smallest absolute Gasteiger partial charge is 0.379 e. The van der Waals surface area contributed by atoms with Crippen LogP contribution in [-0.4, -0.2) is 23.4 Å². The van der Waals surface area contributed by atoms with E-state index in [-0.39, 0.29) is 23.1 Å². The lowest BCUT2D eigenvalue weighted by Crippen LogP contribution is -2.07. The van der Waals surface area contributed by atoms with Gasteiger partial charge in [-0.1, -0.05) is 30.3 Å². The van der Waals surface area contributed by atoms with Crippen LogP contribution in [0.5, 0.6) is 17.2 Å². The van der Waals surface area contributed by atoms with Crippen molar-refractivity contribution in [1.29, 1.82) is 0 Å². The van der Waals surface area contributed by atoms with Crippen molar-refractivity contribution in [3.63, 3.8) is 0 Å². The molecule has 0 radical (unpaired) electrons. The molecule has 178 valence electrons. The van der Waals surface area contributed by atoms with Crippen LogP contribution in [0.1, 0.15) is 33.4 Å². The van der Waals surface area contributed by atoms with Crippen LogP contribution in [-0.2, 0) is 6.54 Å². The number of Topliss-reactive ketones (excluding diaryl/α,β-unsaturated/α-hetero) is 1. The number of aryl methyl sites for hydroxylation is 1. The van der Waals surface area contributed by atoms with Crippen molar-refractivity contribution in [2.75, 3.05) is 7.11 Å². The second-order valence-corrected chi connectivity index (χ2v) is 8.36. The molecule has 0 saturated heterocycles. The fourth-order valence-electron chi connectivity index (χ4n) is 4.48. The van der Waals surface area contributed by atoms with Gasteiger partial charge in [0, 0.05) is 40.7 Å². The topological polar surface area (TPSA) is 79.9 Å². The number of furan rings is 1. The summed E-state index contributed by atoms with van der Waals surface area (Å²) < 4.78 is 24.5. The van der Waals surface area contributed by atoms with Crippen LogP contribution >= 0.6 is 0 Å². The highest BCUT2D eigenvalue weighted by atomic mass is 16.6. The van der Waals surface area contributed by atoms with Gasteiger partial charge in [-0.2, -0.15) is 0 Å². The molecule has 2 aromatic heterocycles. The third-order valence-corrected chi connectivity index (χ3v) is 6.23. The lowest BCUT2D eigenvalue weighted by atomic mass is 10.1. The largest absolute Gasteiger partial charge is 0.493 e. The van der Waals surface area contributed by atoms with E-state index in [0.29, 0.717) is 22.6 Å². The molecular weight excluding hydrogens is 458 g/mol. The number of ketones is 1. The van der Waals surface area contributed by atoms with Gasteiger partial charge in [0.1, 0.15) is 11.5 Å². The molecule has 3 heterocycles. The minimum Gasteiger partial charge on any atom is -0.493 e. The van der Waals surface area contributed by atoms with E-state index in [2.05, 4.69) is 11.5 Å². The standard InChI is InChI=1S/C29H21NO6/c1-3-30-16-18(20-8-4-5-9-22(20)30)14-25-27(31)21-12-11-19(15-24(21)35-25)34-29(32)26-13-17-7-6-10-23(33-2)28(17)36-26/h4-16H,3H2,1-2H3/b25-14-. The zero-order valence-electron chi connectivity index (χ0n) is 19.6. The number of esters is 1. The van der Waals surface area contributed by atoms with E-state index in [4.69, 9.17) is 18.6 Å². The summed E-state index contributed by atoms with van der Waals surface area (Å²) in [5, 5.41) is 1.76. The summed E-state index contributed by atoms with van der Waals surface area (Å²) in [5.41, 5.74) is 2.87. The first-order valence-electron chi connectivity index (χ1n) is 11.5. The molecule has 0 fully saturated rings. The van der Waals surface area contributed by atoms with E-state index in [1.54, 1.807) is 30.3 Å². The van der Waals surface area contributed by atoms with Crippen molar-refractivity contribution >= 4 is 39.7 Å². The summed E-state index contributed by atoms with van der Waals surface area (Å²) in [6.07, 6.45) is 3.76. The Hall–Kier alpha value is -4.78. The molecule has 7 nitrogen and oxygen atoms in total. The maximum absolute atomic E-state index is 13.0. The molecule has 0 amide bonds. The van der Waals surface area contributed by atoms with Gasteiger partial charge in [-0.3, -0.25) is 4.79 Å². The summed E-state index contributed by atoms with van der Waals surface area (Å²) in [4.78, 5) is 25.7. The number of nitrogens with zero attached hydrogens (tertiary/aromatic N) is 1. The van der Waals surface area contributed by atoms with Gasteiger partial charge in [-0.25, -0.2) is 4.79 Å². The average molecular weight is 479 g/mol. The molecule has 6 rings (SSSR count). The minimum atomic E-state index is -0.666. The van der Waals surface area contributed by atoms with Crippen molar-refractivity contribution in [2.45, 2.75) is 13.5 Å². The monoisotopic (exact) mass is 479 g/mol. The van der Waals surface area contributed by atoms with E-state index in [1.165, 1.54) is 13.2 Å². The van der Waals surface area contributed by atoms with Crippen LogP contribution < -0.4 is 14.2 Å². The number of carbonyl (C=O) groups excluding carboxylic acids is 2. The number of aromatic nitrogens is 1. The Bertz CT molecular complexity index is 1700. The Kier molecular flexibility index (Phi) is 5.11. The lowest BCUT2D eigenvalue weighted by molar-refractivity contribution is 0.0703. The van der Waals surface area contributed by atoms with Gasteiger partial charge in [0.15, 0.2) is 17.1 Å². The van der Waals surface area contributed by atoms with E-state index in [9.17, 15) is 9.59 Å². The van der Waals surface area contributed by atoms with Crippen molar-refractivity contribution in [1.82, 2.24) is 4.57 Å². The number of ether oxygens (including phenoxy) is 3. The third-order valence-electron chi connectivity index (χ3n) is 6.23. The van der Waals surface area contributed by atoms with Gasteiger partial charge < -0.3 is 23.2 Å². The quantitative estimate of drug-likeness (QED) is 0.168. The predicted octanol–water partition coefficient (Wildman–Crippen LogP) is 6.25. The molecule has 1 aliphatic heterocycles. The average Bonchev–Trinajstić information content (AvgIpc) is 3.58. The van der Waals surface area contributed by atoms with Gasteiger partial charge in [0.25, 0.3) is 0 Å². The molecule has 36 heavy (non-hydrogen) atoms. The number of rotatable bonds is 5. The van der Waals surface area contributed by atoms with Crippen LogP contribution in [0.3, 0.4) is 0 Å². The summed E-state index contributed by atoms with van der Waals surface area (Å²) in [6.45, 7) is 2.88. The number of methoxy groups -OCH3 is 1. The van der Waals surface area contributed by atoms with Crippen molar-refractivity contribution in [2.24, 2.45) is 0 Å². The Morgan fingerprint density at radius 3 is 2.75 bits per heavy atom. The summed E-state index contributed by atoms with van der Waals surface area (Å²) in [5.74, 6) is 0.472. The first-order valence-corrected chi connectivity index (χ1v) is 11.5. The Morgan fingerprint density at radius 2 is 1.92 bits per heavy atom. The lowest BCUT2D eigenvalue weighted by Gasteiger charge is -2.04. The first kappa shape index (κ1) is 21.7. The molecule has 0 unspecified atom stereocenters. The highest BCUT2D eigenvalue weighted by Crippen LogP contribution is 2.36. The molecule has 0 aliphatic carbocycles. The maximum atomic E-state index is 13.0. The van der Waals surface area contributed by atoms with Crippen LogP contribution in [0.2, 0.25) is 0 Å². The first-order chi connectivity index (χ1) is 17.6. The number of allylic oxidation sites excluding steroid dienone is 1. The summed E-state index contributed by atoms with van der Waals surface area (Å²) >= 11 is 0. The predicted molar refractivity (Wildman–Crippen MR) is 135 cm³/mol. The van der Waals surface area contributed by atoms with Crippen LogP contribution in [0, 0.1) is 0 Å². The molecule has 0 atom stereocenters. The summed E-state index contributed by atoms with van der Waals surface area (Å²) in [6, 6.07) is 19.7. The molecule has 1 aliphatic rings. The number of carbonyl (C=O) groups is 2. The van der Waals surface area contributed by atoms with E-state index in [1.807, 2.05) is 42.6 Å². The molecule has 3 aromatic carbocycles. The fraction of sp³-hybridized carbons (Fsp3) is 0.103. The molecule has 7 heteroatoms. The van der Waals surface area contributed by atoms with Gasteiger partial charge in [0.05, 0.1) is 12.7 Å². The Balaban J connectivity index is 1.26. The second kappa shape index (κ2) is 8.46. The molecule has 0 saturated carbocycles. The number of hydrogen-bond donors (Lipinski definition) is 0. The van der Waals surface area contributed by atoms with Crippen molar-refractivity contribution in [3.8, 4) is 17.2 Å². The zero-order chi connectivity index (χ0) is 24.8. The normalized spacial score (nSPS) is 13.8. The molecule has 0 bridgehead atoms. The highest BCUT2D eigenvalue weighted by molar-refractivity contribution is 6.15. The zero-order valence-corrected chi connectivity index (χ0v) is 19.6. The van der Waals surface area contributed by atoms with E-state index in [0.717, 1.165) is 28.4 Å². The van der Waals surface area contributed by atoms with Crippen LogP contribution in [0.15, 0.2) is 83.1 Å². The molecule has 0 spiro atoms. The minimum absolute atomic E-state index is 0.0416. The highest BCUT2D eigenvalue weighted by Gasteiger charge is 2.29. The molecule has 0 N–H and O–H groups in total. The van der Waals surface area contributed by atoms with Crippen molar-refractivity contribution < 1.29 is 28.2 Å². The summed E-state index contributed by atoms with van der Waals surface area (Å²) in [7, 11) is 1.53. The fourth-order valence-corrected chi connectivity index (χ4v) is 4.48. The van der Waals surface area contributed by atoms with Crippen LogP contribution in [0.4, 0.5) is 0 Å². The maximum Gasteiger partial charge on any atom is 0.379 e. The van der Waals surface area contributed by atoms with Crippen LogP contribution in [0.25, 0.3) is 27.9 Å². The van der Waals surface area contributed by atoms with Gasteiger partial charge in [0.2, 0.25) is 11.5 Å². The van der Waals surface area contributed by atoms with E-state index < -0.39 is 5.97 Å². The van der Waals surface area contributed by atoms with E-state index >= 15 is 0 Å². The number of para-hydroxylation sites is 2. The van der Waals surface area contributed by atoms with Gasteiger partial charge in [-0.05, 0) is 43.3 Å². The number of fused-ring (bicyclic) bond motifs is 3. The third kappa shape index (κ3) is 3.53. The Labute approximate surface area is 206 Å². The number of hydrogen-bond acceptors (Lipinski definition) is 6. The van der Waals surface area contributed by atoms with Crippen molar-refractivity contribution in [3.05, 3.63) is 95.6 Å². The molecule has 5 aromatic rings. The van der Waals surface area contributed by atoms with Gasteiger partial charge >= 0.3 is 5.97 Å². The SMILES string of the molecule is CCn1cc(/C=C2\Oc3cc(OC(=O)c4cc5cccc(OC)c5o4)ccc3C2=O)c2ccccc21. The van der Waals surface area contributed by atoms with Gasteiger partial charge in [-0.15, -0.1) is 0 Å².